The van der Waals surface area contributed by atoms with E-state index in [1.807, 2.05) is 60.7 Å². The molecule has 4 nitrogen and oxygen atoms in total. The molecule has 0 unspecified atom stereocenters. The summed E-state index contributed by atoms with van der Waals surface area (Å²) in [5.41, 5.74) is 3.18. The number of carbonyl (C=O) groups excluding carboxylic acids is 1. The molecular formula is C21H20O4. The predicted octanol–water partition coefficient (Wildman–Crippen LogP) is 3.77. The number of carbonyl (C=O) groups is 1. The highest BCUT2D eigenvalue weighted by atomic mass is 16.5. The first-order valence-electron chi connectivity index (χ1n) is 8.01. The Balaban J connectivity index is 1.81. The second-order valence-corrected chi connectivity index (χ2v) is 5.71. The first-order valence-corrected chi connectivity index (χ1v) is 8.01. The molecule has 1 fully saturated rings. The Morgan fingerprint density at radius 1 is 0.760 bits per heavy atom. The van der Waals surface area contributed by atoms with Gasteiger partial charge in [-0.05, 0) is 47.5 Å². The van der Waals surface area contributed by atoms with Crippen LogP contribution in [0.3, 0.4) is 0 Å². The maximum absolute atomic E-state index is 12.7. The third-order valence-corrected chi connectivity index (χ3v) is 4.01. The largest absolute Gasteiger partial charge is 0.497 e. The Labute approximate surface area is 147 Å². The molecule has 0 aromatic heterocycles. The van der Waals surface area contributed by atoms with Crippen LogP contribution in [0.15, 0.2) is 59.7 Å². The topological polar surface area (TPSA) is 44.8 Å². The number of hydrogen-bond donors (Lipinski definition) is 0. The zero-order chi connectivity index (χ0) is 17.6. The molecule has 0 spiro atoms. The monoisotopic (exact) mass is 336 g/mol. The van der Waals surface area contributed by atoms with Gasteiger partial charge in [-0.1, -0.05) is 24.3 Å². The van der Waals surface area contributed by atoms with Gasteiger partial charge in [-0.15, -0.1) is 0 Å². The summed E-state index contributed by atoms with van der Waals surface area (Å²) in [6.07, 6.45) is 3.73. The van der Waals surface area contributed by atoms with E-state index in [1.54, 1.807) is 14.2 Å². The summed E-state index contributed by atoms with van der Waals surface area (Å²) < 4.78 is 15.9. The molecule has 2 aromatic rings. The molecule has 1 heterocycles. The lowest BCUT2D eigenvalue weighted by Crippen LogP contribution is -2.21. The second kappa shape index (κ2) is 7.81. The zero-order valence-electron chi connectivity index (χ0n) is 14.3. The highest BCUT2D eigenvalue weighted by Gasteiger charge is 2.21. The Morgan fingerprint density at radius 2 is 1.16 bits per heavy atom. The lowest BCUT2D eigenvalue weighted by Gasteiger charge is -2.17. The smallest absolute Gasteiger partial charge is 0.189 e. The summed E-state index contributed by atoms with van der Waals surface area (Å²) in [7, 11) is 3.25. The van der Waals surface area contributed by atoms with Crippen molar-refractivity contribution in [3.8, 4) is 11.5 Å². The van der Waals surface area contributed by atoms with Crippen LogP contribution >= 0.6 is 0 Å². The van der Waals surface area contributed by atoms with Crippen LogP contribution in [0.2, 0.25) is 0 Å². The van der Waals surface area contributed by atoms with Crippen molar-refractivity contribution in [1.29, 1.82) is 0 Å². The molecule has 0 radical (unpaired) electrons. The predicted molar refractivity (Wildman–Crippen MR) is 97.8 cm³/mol. The molecule has 0 N–H and O–H groups in total. The molecule has 1 saturated heterocycles. The summed E-state index contributed by atoms with van der Waals surface area (Å²) in [5, 5.41) is 0. The van der Waals surface area contributed by atoms with Crippen LogP contribution in [0, 0.1) is 0 Å². The van der Waals surface area contributed by atoms with Crippen molar-refractivity contribution in [2.75, 3.05) is 27.4 Å². The van der Waals surface area contributed by atoms with Gasteiger partial charge in [-0.25, -0.2) is 0 Å². The summed E-state index contributed by atoms with van der Waals surface area (Å²) in [5.74, 6) is 1.60. The van der Waals surface area contributed by atoms with E-state index in [9.17, 15) is 4.79 Å². The average Bonchev–Trinajstić information content (AvgIpc) is 2.66. The fraction of sp³-hybridized carbons (Fsp3) is 0.190. The highest BCUT2D eigenvalue weighted by molar-refractivity contribution is 6.14. The summed E-state index contributed by atoms with van der Waals surface area (Å²) in [6.45, 7) is 0.648. The normalized spacial score (nSPS) is 17.8. The molecule has 1 aliphatic heterocycles. The van der Waals surface area contributed by atoms with E-state index in [-0.39, 0.29) is 5.78 Å². The fourth-order valence-electron chi connectivity index (χ4n) is 2.63. The van der Waals surface area contributed by atoms with Gasteiger partial charge in [-0.2, -0.15) is 0 Å². The number of rotatable bonds is 4. The van der Waals surface area contributed by atoms with Crippen molar-refractivity contribution in [1.82, 2.24) is 0 Å². The van der Waals surface area contributed by atoms with Crippen molar-refractivity contribution in [3.63, 3.8) is 0 Å². The number of ketones is 1. The molecular weight excluding hydrogens is 316 g/mol. The molecule has 2 aromatic carbocycles. The van der Waals surface area contributed by atoms with E-state index in [0.717, 1.165) is 22.6 Å². The van der Waals surface area contributed by atoms with Crippen molar-refractivity contribution in [2.24, 2.45) is 0 Å². The first-order chi connectivity index (χ1) is 12.2. The molecule has 128 valence electrons. The summed E-state index contributed by atoms with van der Waals surface area (Å²) in [6, 6.07) is 15.1. The quantitative estimate of drug-likeness (QED) is 0.797. The van der Waals surface area contributed by atoms with Crippen LogP contribution in [-0.2, 0) is 9.53 Å². The highest BCUT2D eigenvalue weighted by Crippen LogP contribution is 2.22. The number of hydrogen-bond acceptors (Lipinski definition) is 4. The van der Waals surface area contributed by atoms with E-state index in [2.05, 4.69) is 0 Å². The molecule has 3 rings (SSSR count). The fourth-order valence-corrected chi connectivity index (χ4v) is 2.63. The second-order valence-electron chi connectivity index (χ2n) is 5.71. The SMILES string of the molecule is COc1ccc(/C=C2\COC/C(=C\c3ccc(OC)cc3)C2=O)cc1. The lowest BCUT2D eigenvalue weighted by molar-refractivity contribution is -0.114. The molecule has 0 aliphatic carbocycles. The minimum atomic E-state index is 0.0258. The van der Waals surface area contributed by atoms with E-state index >= 15 is 0 Å². The van der Waals surface area contributed by atoms with Crippen LogP contribution < -0.4 is 9.47 Å². The molecule has 0 saturated carbocycles. The van der Waals surface area contributed by atoms with Crippen LogP contribution in [0.1, 0.15) is 11.1 Å². The molecule has 0 amide bonds. The van der Waals surface area contributed by atoms with Gasteiger partial charge < -0.3 is 14.2 Å². The van der Waals surface area contributed by atoms with E-state index in [4.69, 9.17) is 14.2 Å². The van der Waals surface area contributed by atoms with Crippen molar-refractivity contribution >= 4 is 17.9 Å². The third-order valence-electron chi connectivity index (χ3n) is 4.01. The maximum atomic E-state index is 12.7. The van der Waals surface area contributed by atoms with E-state index in [0.29, 0.717) is 24.4 Å². The molecule has 1 aliphatic rings. The van der Waals surface area contributed by atoms with Gasteiger partial charge in [0.15, 0.2) is 5.78 Å². The first kappa shape index (κ1) is 17.0. The number of Topliss-reactive ketones (excluding diaryl/α,β-unsaturated/α-hetero) is 1. The van der Waals surface area contributed by atoms with Crippen molar-refractivity contribution < 1.29 is 19.0 Å². The number of methoxy groups -OCH3 is 2. The minimum absolute atomic E-state index is 0.0258. The minimum Gasteiger partial charge on any atom is -0.497 e. The van der Waals surface area contributed by atoms with Gasteiger partial charge >= 0.3 is 0 Å². The van der Waals surface area contributed by atoms with Gasteiger partial charge in [0.05, 0.1) is 27.4 Å². The van der Waals surface area contributed by atoms with Crippen molar-refractivity contribution in [2.45, 2.75) is 0 Å². The molecule has 0 bridgehead atoms. The summed E-state index contributed by atoms with van der Waals surface area (Å²) >= 11 is 0. The molecule has 0 atom stereocenters. The van der Waals surface area contributed by atoms with Gasteiger partial charge in [0.1, 0.15) is 11.5 Å². The van der Waals surface area contributed by atoms with Gasteiger partial charge in [0.25, 0.3) is 0 Å². The molecule has 25 heavy (non-hydrogen) atoms. The number of benzene rings is 2. The maximum Gasteiger partial charge on any atom is 0.189 e. The standard InChI is InChI=1S/C21H20O4/c1-23-19-7-3-15(4-8-19)11-17-13-25-14-18(21(17)22)12-16-5-9-20(24-2)10-6-16/h3-12H,13-14H2,1-2H3/b17-11+,18-12+. The lowest BCUT2D eigenvalue weighted by atomic mass is 9.98. The number of ether oxygens (including phenoxy) is 3. The van der Waals surface area contributed by atoms with Gasteiger partial charge in [0.2, 0.25) is 0 Å². The third kappa shape index (κ3) is 4.17. The van der Waals surface area contributed by atoms with E-state index < -0.39 is 0 Å². The molecule has 4 heteroatoms. The Kier molecular flexibility index (Phi) is 5.31. The Hall–Kier alpha value is -2.85. The van der Waals surface area contributed by atoms with Crippen molar-refractivity contribution in [3.05, 3.63) is 70.8 Å². The average molecular weight is 336 g/mol. The Bertz CT molecular complexity index is 731. The van der Waals surface area contributed by atoms with Crippen LogP contribution in [0.4, 0.5) is 0 Å². The van der Waals surface area contributed by atoms with Gasteiger partial charge in [0, 0.05) is 11.1 Å². The zero-order valence-corrected chi connectivity index (χ0v) is 14.3. The van der Waals surface area contributed by atoms with Crippen LogP contribution in [0.5, 0.6) is 11.5 Å². The van der Waals surface area contributed by atoms with Crippen LogP contribution in [0.25, 0.3) is 12.2 Å². The van der Waals surface area contributed by atoms with Crippen LogP contribution in [-0.4, -0.2) is 33.2 Å². The van der Waals surface area contributed by atoms with Gasteiger partial charge in [-0.3, -0.25) is 4.79 Å². The van der Waals surface area contributed by atoms with E-state index in [1.165, 1.54) is 0 Å². The Morgan fingerprint density at radius 3 is 1.52 bits per heavy atom. The summed E-state index contributed by atoms with van der Waals surface area (Å²) in [4.78, 5) is 12.7.